The molecule has 0 spiro atoms. The molecule has 0 heterocycles. The van der Waals surface area contributed by atoms with E-state index < -0.39 is 0 Å². The van der Waals surface area contributed by atoms with E-state index in [1.807, 2.05) is 109 Å². The van der Waals surface area contributed by atoms with Crippen LogP contribution >= 0.6 is 0 Å². The standard InChI is InChI=1S/2C23H26O3/c2*1-16(2)13-20-21(23(20,3)4)22(24)25-15-17-9-8-12-19(14-17)26-18-10-6-5-7-11-18/h2*5-14,20-21H,15H2,1-4H3. The number of para-hydroxylation sites is 2. The molecule has 4 unspecified atom stereocenters. The van der Waals surface area contributed by atoms with Crippen LogP contribution in [0.5, 0.6) is 23.0 Å². The summed E-state index contributed by atoms with van der Waals surface area (Å²) in [5.41, 5.74) is 4.28. The number of esters is 2. The largest absolute Gasteiger partial charge is 0.461 e. The van der Waals surface area contributed by atoms with Crippen LogP contribution in [-0.4, -0.2) is 11.9 Å². The third-order valence-electron chi connectivity index (χ3n) is 9.87. The zero-order valence-corrected chi connectivity index (χ0v) is 31.7. The highest BCUT2D eigenvalue weighted by molar-refractivity contribution is 5.79. The van der Waals surface area contributed by atoms with Gasteiger partial charge in [0.15, 0.2) is 0 Å². The van der Waals surface area contributed by atoms with Crippen molar-refractivity contribution in [1.82, 2.24) is 0 Å². The lowest BCUT2D eigenvalue weighted by atomic mass is 10.1. The summed E-state index contributed by atoms with van der Waals surface area (Å²) in [6, 6.07) is 34.6. The van der Waals surface area contributed by atoms with Crippen LogP contribution in [-0.2, 0) is 32.3 Å². The molecule has 0 aliphatic heterocycles. The lowest BCUT2D eigenvalue weighted by Crippen LogP contribution is -2.10. The van der Waals surface area contributed by atoms with Gasteiger partial charge in [0, 0.05) is 0 Å². The van der Waals surface area contributed by atoms with Crippen LogP contribution in [0.15, 0.2) is 132 Å². The molecule has 0 amide bonds. The molecule has 0 aromatic heterocycles. The molecule has 2 aliphatic carbocycles. The summed E-state index contributed by atoms with van der Waals surface area (Å²) in [5.74, 6) is 3.23. The minimum absolute atomic E-state index is 0.0212. The van der Waals surface area contributed by atoms with E-state index in [9.17, 15) is 9.59 Å². The van der Waals surface area contributed by atoms with E-state index in [1.165, 1.54) is 11.1 Å². The number of allylic oxidation sites excluding steroid dienone is 4. The highest BCUT2D eigenvalue weighted by Gasteiger charge is 2.62. The van der Waals surface area contributed by atoms with Crippen molar-refractivity contribution < 1.29 is 28.5 Å². The molecular formula is C46H52O6. The Morgan fingerprint density at radius 2 is 0.865 bits per heavy atom. The molecule has 0 bridgehead atoms. The van der Waals surface area contributed by atoms with E-state index in [0.29, 0.717) is 0 Å². The number of hydrogen-bond donors (Lipinski definition) is 0. The molecule has 2 fully saturated rings. The lowest BCUT2D eigenvalue weighted by Gasteiger charge is -2.09. The van der Waals surface area contributed by atoms with Crippen LogP contribution in [0.3, 0.4) is 0 Å². The minimum Gasteiger partial charge on any atom is -0.461 e. The minimum atomic E-state index is -0.119. The Kier molecular flexibility index (Phi) is 12.1. The van der Waals surface area contributed by atoms with Gasteiger partial charge in [-0.25, -0.2) is 0 Å². The predicted octanol–water partition coefficient (Wildman–Crippen LogP) is 11.5. The summed E-state index contributed by atoms with van der Waals surface area (Å²) in [6.07, 6.45) is 4.36. The molecule has 6 nitrogen and oxygen atoms in total. The van der Waals surface area contributed by atoms with Gasteiger partial charge in [0.25, 0.3) is 0 Å². The van der Waals surface area contributed by atoms with Crippen LogP contribution in [0.4, 0.5) is 0 Å². The average Bonchev–Trinajstić information content (AvgIpc) is 3.87. The van der Waals surface area contributed by atoms with Crippen molar-refractivity contribution in [1.29, 1.82) is 0 Å². The van der Waals surface area contributed by atoms with Crippen molar-refractivity contribution in [3.63, 3.8) is 0 Å². The van der Waals surface area contributed by atoms with E-state index in [4.69, 9.17) is 18.9 Å². The summed E-state index contributed by atoms with van der Waals surface area (Å²) in [5, 5.41) is 0. The second-order valence-corrected chi connectivity index (χ2v) is 15.5. The van der Waals surface area contributed by atoms with Crippen molar-refractivity contribution >= 4 is 11.9 Å². The molecule has 6 heteroatoms. The van der Waals surface area contributed by atoms with E-state index in [-0.39, 0.29) is 59.7 Å². The quantitative estimate of drug-likeness (QED) is 0.108. The lowest BCUT2D eigenvalue weighted by molar-refractivity contribution is -0.148. The molecule has 2 saturated carbocycles. The van der Waals surface area contributed by atoms with E-state index >= 15 is 0 Å². The number of carbonyl (C=O) groups excluding carboxylic acids is 2. The molecule has 0 radical (unpaired) electrons. The Bertz CT molecular complexity index is 1740. The van der Waals surface area contributed by atoms with Gasteiger partial charge in [0.2, 0.25) is 0 Å². The van der Waals surface area contributed by atoms with Crippen LogP contribution in [0, 0.1) is 34.5 Å². The molecule has 4 aromatic rings. The molecule has 4 aromatic carbocycles. The zero-order valence-electron chi connectivity index (χ0n) is 31.7. The summed E-state index contributed by atoms with van der Waals surface area (Å²) in [6.45, 7) is 17.3. The van der Waals surface area contributed by atoms with E-state index in [2.05, 4.69) is 67.5 Å². The number of hydrogen-bond acceptors (Lipinski definition) is 6. The van der Waals surface area contributed by atoms with Gasteiger partial charge >= 0.3 is 11.9 Å². The van der Waals surface area contributed by atoms with Gasteiger partial charge < -0.3 is 18.9 Å². The topological polar surface area (TPSA) is 71.1 Å². The highest BCUT2D eigenvalue weighted by atomic mass is 16.5. The molecule has 0 N–H and O–H groups in total. The monoisotopic (exact) mass is 700 g/mol. The number of ether oxygens (including phenoxy) is 4. The van der Waals surface area contributed by atoms with E-state index in [0.717, 1.165) is 34.1 Å². The van der Waals surface area contributed by atoms with Crippen LogP contribution < -0.4 is 9.47 Å². The van der Waals surface area contributed by atoms with Gasteiger partial charge in [-0.1, -0.05) is 112 Å². The Morgan fingerprint density at radius 1 is 0.519 bits per heavy atom. The zero-order chi connectivity index (χ0) is 37.5. The maximum Gasteiger partial charge on any atom is 0.310 e. The molecule has 272 valence electrons. The van der Waals surface area contributed by atoms with Gasteiger partial charge in [-0.3, -0.25) is 9.59 Å². The first-order valence-electron chi connectivity index (χ1n) is 18.0. The van der Waals surface area contributed by atoms with Crippen LogP contribution in [0.1, 0.15) is 66.5 Å². The summed E-state index contributed by atoms with van der Waals surface area (Å²) >= 11 is 0. The number of carbonyl (C=O) groups is 2. The fraction of sp³-hybridized carbons (Fsp3) is 0.348. The van der Waals surface area contributed by atoms with Gasteiger partial charge in [-0.05, 0) is 110 Å². The van der Waals surface area contributed by atoms with Crippen LogP contribution in [0.25, 0.3) is 0 Å². The third-order valence-corrected chi connectivity index (χ3v) is 9.87. The highest BCUT2D eigenvalue weighted by Crippen LogP contribution is 2.60. The smallest absolute Gasteiger partial charge is 0.310 e. The Morgan fingerprint density at radius 3 is 1.21 bits per heavy atom. The predicted molar refractivity (Wildman–Crippen MR) is 206 cm³/mol. The molecule has 52 heavy (non-hydrogen) atoms. The van der Waals surface area contributed by atoms with Gasteiger partial charge in [-0.2, -0.15) is 0 Å². The number of benzene rings is 4. The molecule has 4 atom stereocenters. The molecule has 6 rings (SSSR count). The molecular weight excluding hydrogens is 649 g/mol. The van der Waals surface area contributed by atoms with Crippen molar-refractivity contribution in [2.24, 2.45) is 34.5 Å². The van der Waals surface area contributed by atoms with Crippen molar-refractivity contribution in [2.45, 2.75) is 68.6 Å². The molecule has 0 saturated heterocycles. The maximum atomic E-state index is 12.5. The van der Waals surface area contributed by atoms with E-state index in [1.54, 1.807) is 0 Å². The summed E-state index contributed by atoms with van der Waals surface area (Å²) in [7, 11) is 0. The summed E-state index contributed by atoms with van der Waals surface area (Å²) < 4.78 is 22.8. The normalized spacial score (nSPS) is 20.2. The summed E-state index contributed by atoms with van der Waals surface area (Å²) in [4.78, 5) is 25.0. The van der Waals surface area contributed by atoms with Crippen molar-refractivity contribution in [2.75, 3.05) is 0 Å². The average molecular weight is 701 g/mol. The number of rotatable bonds is 12. The Labute approximate surface area is 309 Å². The molecule has 2 aliphatic rings. The maximum absolute atomic E-state index is 12.5. The second kappa shape index (κ2) is 16.5. The third kappa shape index (κ3) is 10.0. The Hall–Kier alpha value is -5.10. The second-order valence-electron chi connectivity index (χ2n) is 15.5. The van der Waals surface area contributed by atoms with Crippen molar-refractivity contribution in [3.05, 3.63) is 144 Å². The van der Waals surface area contributed by atoms with Gasteiger partial charge in [0.05, 0.1) is 11.8 Å². The fourth-order valence-electron chi connectivity index (χ4n) is 6.73. The first-order valence-corrected chi connectivity index (χ1v) is 18.0. The Balaban J connectivity index is 0.000000201. The SMILES string of the molecule is CC(C)=CC1C(C(=O)OCc2cccc(Oc3ccccc3)c2)C1(C)C.CC(C)=CC1C(C(=O)OCc2cccc(Oc3ccccc3)c2)C1(C)C. The van der Waals surface area contributed by atoms with Gasteiger partial charge in [0.1, 0.15) is 36.2 Å². The first-order chi connectivity index (χ1) is 24.8. The van der Waals surface area contributed by atoms with Gasteiger partial charge in [-0.15, -0.1) is 0 Å². The van der Waals surface area contributed by atoms with Crippen molar-refractivity contribution in [3.8, 4) is 23.0 Å². The van der Waals surface area contributed by atoms with Crippen LogP contribution in [0.2, 0.25) is 0 Å². The fourth-order valence-corrected chi connectivity index (χ4v) is 6.73. The first kappa shape index (κ1) is 38.1.